The minimum Gasteiger partial charge on any atom is -0.331 e. The number of hydrogen-bond donors (Lipinski definition) is 1. The van der Waals surface area contributed by atoms with Crippen molar-refractivity contribution in [2.24, 2.45) is 0 Å². The van der Waals surface area contributed by atoms with E-state index in [4.69, 9.17) is 0 Å². The molecular formula is C23H27N3O2. The summed E-state index contributed by atoms with van der Waals surface area (Å²) in [6.07, 6.45) is 0.747. The van der Waals surface area contributed by atoms with E-state index in [1.165, 1.54) is 11.1 Å². The molecule has 0 atom stereocenters. The summed E-state index contributed by atoms with van der Waals surface area (Å²) in [6.45, 7) is 4.92. The van der Waals surface area contributed by atoms with Crippen LogP contribution in [0.3, 0.4) is 0 Å². The Bertz CT molecular complexity index is 1050. The van der Waals surface area contributed by atoms with Crippen LogP contribution >= 0.6 is 0 Å². The number of aromatic nitrogens is 1. The highest BCUT2D eigenvalue weighted by Crippen LogP contribution is 2.15. The fourth-order valence-electron chi connectivity index (χ4n) is 3.37. The Morgan fingerprint density at radius 1 is 1.00 bits per heavy atom. The number of urea groups is 1. The lowest BCUT2D eigenvalue weighted by Crippen LogP contribution is -2.41. The molecule has 5 heteroatoms. The van der Waals surface area contributed by atoms with Crippen molar-refractivity contribution >= 4 is 16.9 Å². The van der Waals surface area contributed by atoms with Gasteiger partial charge in [-0.05, 0) is 55.0 Å². The zero-order chi connectivity index (χ0) is 20.3. The average Bonchev–Trinajstić information content (AvgIpc) is 2.66. The van der Waals surface area contributed by atoms with E-state index in [1.807, 2.05) is 43.3 Å². The first-order valence-electron chi connectivity index (χ1n) is 9.48. The summed E-state index contributed by atoms with van der Waals surface area (Å²) in [5, 5.41) is 0.978. The molecule has 146 valence electrons. The molecule has 0 bridgehead atoms. The molecule has 0 aliphatic heterocycles. The van der Waals surface area contributed by atoms with Crippen LogP contribution in [0, 0.1) is 13.8 Å². The smallest absolute Gasteiger partial charge is 0.319 e. The zero-order valence-electron chi connectivity index (χ0n) is 17.0. The van der Waals surface area contributed by atoms with Crippen LogP contribution in [-0.2, 0) is 13.0 Å². The molecule has 0 unspecified atom stereocenters. The van der Waals surface area contributed by atoms with Gasteiger partial charge in [-0.2, -0.15) is 0 Å². The number of rotatable bonds is 5. The number of pyridine rings is 1. The maximum Gasteiger partial charge on any atom is 0.319 e. The Morgan fingerprint density at radius 3 is 2.46 bits per heavy atom. The summed E-state index contributed by atoms with van der Waals surface area (Å²) in [7, 11) is 3.47. The molecule has 5 nitrogen and oxygen atoms in total. The number of benzene rings is 2. The number of aromatic amines is 1. The molecule has 0 aliphatic carbocycles. The standard InChI is InChI=1S/C23H27N3O2/c1-16-9-10-21-19(13-16)14-20(22(27)24-21)15-26(23(28)25(3)4)12-11-18-8-6-5-7-17(18)2/h5-10,13-14H,11-12,15H2,1-4H3,(H,24,27). The average molecular weight is 377 g/mol. The first-order chi connectivity index (χ1) is 13.3. The Labute approximate surface area is 165 Å². The van der Waals surface area contributed by atoms with E-state index < -0.39 is 0 Å². The van der Waals surface area contributed by atoms with Crippen LogP contribution in [0.2, 0.25) is 0 Å². The molecule has 0 fully saturated rings. The molecule has 0 aliphatic rings. The van der Waals surface area contributed by atoms with Crippen molar-refractivity contribution in [3.8, 4) is 0 Å². The van der Waals surface area contributed by atoms with Gasteiger partial charge >= 0.3 is 6.03 Å². The molecule has 3 rings (SSSR count). The predicted molar refractivity (Wildman–Crippen MR) is 114 cm³/mol. The van der Waals surface area contributed by atoms with Gasteiger partial charge in [0.1, 0.15) is 0 Å². The number of nitrogens with zero attached hydrogens (tertiary/aromatic N) is 2. The van der Waals surface area contributed by atoms with Gasteiger partial charge < -0.3 is 14.8 Å². The molecule has 0 spiro atoms. The number of amides is 2. The SMILES string of the molecule is Cc1ccc2[nH]c(=O)c(CN(CCc3ccccc3C)C(=O)N(C)C)cc2c1. The monoisotopic (exact) mass is 377 g/mol. The molecule has 0 saturated heterocycles. The lowest BCUT2D eigenvalue weighted by Gasteiger charge is -2.26. The summed E-state index contributed by atoms with van der Waals surface area (Å²) in [6, 6.07) is 15.9. The number of aryl methyl sites for hydroxylation is 2. The van der Waals surface area contributed by atoms with Gasteiger partial charge in [-0.25, -0.2) is 4.79 Å². The summed E-state index contributed by atoms with van der Waals surface area (Å²) in [5.41, 5.74) is 4.80. The molecule has 0 saturated carbocycles. The summed E-state index contributed by atoms with van der Waals surface area (Å²) in [5.74, 6) is 0. The Kier molecular flexibility index (Phi) is 5.83. The Morgan fingerprint density at radius 2 is 1.75 bits per heavy atom. The van der Waals surface area contributed by atoms with Crippen LogP contribution in [-0.4, -0.2) is 41.5 Å². The number of carbonyl (C=O) groups is 1. The second kappa shape index (κ2) is 8.30. The van der Waals surface area contributed by atoms with Gasteiger partial charge in [0.2, 0.25) is 0 Å². The minimum absolute atomic E-state index is 0.0997. The van der Waals surface area contributed by atoms with Gasteiger partial charge in [-0.3, -0.25) is 4.79 Å². The molecule has 1 heterocycles. The molecule has 2 amide bonds. The topological polar surface area (TPSA) is 56.4 Å². The lowest BCUT2D eigenvalue weighted by atomic mass is 10.1. The van der Waals surface area contributed by atoms with Gasteiger partial charge in [0.25, 0.3) is 5.56 Å². The number of fused-ring (bicyclic) bond motifs is 1. The minimum atomic E-state index is -0.149. The molecule has 2 aromatic carbocycles. The van der Waals surface area contributed by atoms with E-state index in [9.17, 15) is 9.59 Å². The van der Waals surface area contributed by atoms with E-state index in [-0.39, 0.29) is 18.1 Å². The summed E-state index contributed by atoms with van der Waals surface area (Å²) >= 11 is 0. The number of nitrogens with one attached hydrogen (secondary N) is 1. The highest BCUT2D eigenvalue weighted by molar-refractivity contribution is 5.80. The van der Waals surface area contributed by atoms with Crippen molar-refractivity contribution in [3.63, 3.8) is 0 Å². The fourth-order valence-corrected chi connectivity index (χ4v) is 3.37. The van der Waals surface area contributed by atoms with Crippen molar-refractivity contribution in [2.45, 2.75) is 26.8 Å². The van der Waals surface area contributed by atoms with Crippen molar-refractivity contribution in [1.82, 2.24) is 14.8 Å². The highest BCUT2D eigenvalue weighted by Gasteiger charge is 2.18. The Hall–Kier alpha value is -3.08. The quantitative estimate of drug-likeness (QED) is 0.734. The summed E-state index contributed by atoms with van der Waals surface area (Å²) < 4.78 is 0. The van der Waals surface area contributed by atoms with Crippen molar-refractivity contribution < 1.29 is 4.79 Å². The fraction of sp³-hybridized carbons (Fsp3) is 0.304. The predicted octanol–water partition coefficient (Wildman–Crippen LogP) is 3.87. The second-order valence-corrected chi connectivity index (χ2v) is 7.49. The van der Waals surface area contributed by atoms with Crippen LogP contribution in [0.5, 0.6) is 0 Å². The maximum absolute atomic E-state index is 12.7. The van der Waals surface area contributed by atoms with Gasteiger partial charge in [0.05, 0.1) is 6.54 Å². The van der Waals surface area contributed by atoms with Crippen LogP contribution in [0.4, 0.5) is 4.79 Å². The van der Waals surface area contributed by atoms with Gasteiger partial charge in [0.15, 0.2) is 0 Å². The van der Waals surface area contributed by atoms with Crippen molar-refractivity contribution in [2.75, 3.05) is 20.6 Å². The van der Waals surface area contributed by atoms with E-state index in [0.717, 1.165) is 22.9 Å². The zero-order valence-corrected chi connectivity index (χ0v) is 17.0. The van der Waals surface area contributed by atoms with E-state index >= 15 is 0 Å². The molecule has 1 N–H and O–H groups in total. The van der Waals surface area contributed by atoms with Crippen LogP contribution < -0.4 is 5.56 Å². The third kappa shape index (κ3) is 4.42. The van der Waals surface area contributed by atoms with Crippen molar-refractivity contribution in [3.05, 3.63) is 81.1 Å². The highest BCUT2D eigenvalue weighted by atomic mass is 16.2. The van der Waals surface area contributed by atoms with E-state index in [2.05, 4.69) is 24.0 Å². The first kappa shape index (κ1) is 19.7. The first-order valence-corrected chi connectivity index (χ1v) is 9.48. The molecule has 28 heavy (non-hydrogen) atoms. The van der Waals surface area contributed by atoms with E-state index in [1.54, 1.807) is 23.9 Å². The van der Waals surface area contributed by atoms with E-state index in [0.29, 0.717) is 12.1 Å². The molecular weight excluding hydrogens is 350 g/mol. The third-order valence-corrected chi connectivity index (χ3v) is 5.00. The van der Waals surface area contributed by atoms with Crippen LogP contribution in [0.15, 0.2) is 53.3 Å². The lowest BCUT2D eigenvalue weighted by molar-refractivity contribution is 0.168. The van der Waals surface area contributed by atoms with Crippen LogP contribution in [0.1, 0.15) is 22.3 Å². The third-order valence-electron chi connectivity index (χ3n) is 5.00. The van der Waals surface area contributed by atoms with Gasteiger partial charge in [-0.1, -0.05) is 35.9 Å². The Balaban J connectivity index is 1.88. The molecule has 3 aromatic rings. The number of H-pyrrole nitrogens is 1. The number of hydrogen-bond acceptors (Lipinski definition) is 2. The van der Waals surface area contributed by atoms with Crippen LogP contribution in [0.25, 0.3) is 10.9 Å². The second-order valence-electron chi connectivity index (χ2n) is 7.49. The van der Waals surface area contributed by atoms with Gasteiger partial charge in [-0.15, -0.1) is 0 Å². The normalized spacial score (nSPS) is 10.9. The van der Waals surface area contributed by atoms with Gasteiger partial charge in [0, 0.05) is 31.7 Å². The maximum atomic E-state index is 12.7. The van der Waals surface area contributed by atoms with Crippen molar-refractivity contribution in [1.29, 1.82) is 0 Å². The largest absolute Gasteiger partial charge is 0.331 e. The molecule has 1 aromatic heterocycles. The number of carbonyl (C=O) groups excluding carboxylic acids is 1. The molecule has 0 radical (unpaired) electrons. The summed E-state index contributed by atoms with van der Waals surface area (Å²) in [4.78, 5) is 31.5.